The molecule has 0 saturated heterocycles. The number of carboxylic acids is 1. The SMILES string of the molecule is O=C(O)c1cccc2ccncc12.[Na+2]. The average molecular weight is 196 g/mol. The van der Waals surface area contributed by atoms with Gasteiger partial charge in [-0.15, -0.1) is 0 Å². The molecule has 1 N–H and O–H groups in total. The van der Waals surface area contributed by atoms with Crippen molar-refractivity contribution in [3.8, 4) is 0 Å². The zero-order valence-electron chi connectivity index (χ0n) is 7.77. The first kappa shape index (κ1) is 11.2. The zero-order chi connectivity index (χ0) is 9.26. The van der Waals surface area contributed by atoms with Gasteiger partial charge in [0.1, 0.15) is 0 Å². The van der Waals surface area contributed by atoms with Crippen molar-refractivity contribution < 1.29 is 9.90 Å². The van der Waals surface area contributed by atoms with E-state index in [0.717, 1.165) is 5.39 Å². The number of carboxylic acid groups (broad SMARTS) is 1. The molecule has 0 aliphatic heterocycles. The Kier molecular flexibility index (Phi) is 3.63. The van der Waals surface area contributed by atoms with Crippen molar-refractivity contribution in [1.82, 2.24) is 4.98 Å². The van der Waals surface area contributed by atoms with Gasteiger partial charge in [-0.2, -0.15) is 0 Å². The Morgan fingerprint density at radius 2 is 2.07 bits per heavy atom. The molecule has 0 aliphatic carbocycles. The molecule has 0 spiro atoms. The molecule has 0 amide bonds. The van der Waals surface area contributed by atoms with E-state index in [2.05, 4.69) is 4.98 Å². The minimum absolute atomic E-state index is 0. The molecular formula is C10H7NNaO2+2. The third kappa shape index (κ3) is 1.95. The number of aromatic carboxylic acids is 1. The van der Waals surface area contributed by atoms with Crippen LogP contribution in [0.2, 0.25) is 0 Å². The standard InChI is InChI=1S/C10H7NO2.Na/c12-10(13)8-3-1-2-7-4-5-11-6-9(7)8;/h1-6H,(H,12,13);/q;+2. The van der Waals surface area contributed by atoms with Gasteiger partial charge < -0.3 is 5.11 Å². The minimum Gasteiger partial charge on any atom is -0.478 e. The van der Waals surface area contributed by atoms with Crippen molar-refractivity contribution in [3.05, 3.63) is 42.2 Å². The fourth-order valence-corrected chi connectivity index (χ4v) is 1.30. The molecule has 0 unspecified atom stereocenters. The van der Waals surface area contributed by atoms with Gasteiger partial charge in [0.25, 0.3) is 0 Å². The van der Waals surface area contributed by atoms with Gasteiger partial charge in [0.05, 0.1) is 5.56 Å². The van der Waals surface area contributed by atoms with Crippen LogP contribution in [0.5, 0.6) is 0 Å². The van der Waals surface area contributed by atoms with Gasteiger partial charge in [-0.05, 0) is 17.5 Å². The van der Waals surface area contributed by atoms with Crippen molar-refractivity contribution >= 4 is 46.3 Å². The Bertz CT molecular complexity index is 465. The number of aromatic nitrogens is 1. The van der Waals surface area contributed by atoms with E-state index >= 15 is 0 Å². The van der Waals surface area contributed by atoms with E-state index in [1.165, 1.54) is 0 Å². The van der Waals surface area contributed by atoms with Crippen molar-refractivity contribution in [2.24, 2.45) is 0 Å². The van der Waals surface area contributed by atoms with Gasteiger partial charge in [-0.3, -0.25) is 4.98 Å². The molecule has 1 heterocycles. The third-order valence-electron chi connectivity index (χ3n) is 1.91. The predicted molar refractivity (Wildman–Crippen MR) is 54.5 cm³/mol. The van der Waals surface area contributed by atoms with Gasteiger partial charge in [-0.25, -0.2) is 4.79 Å². The van der Waals surface area contributed by atoms with Crippen LogP contribution in [0.15, 0.2) is 36.7 Å². The molecule has 1 aromatic carbocycles. The van der Waals surface area contributed by atoms with E-state index in [1.807, 2.05) is 6.07 Å². The Hall–Kier alpha value is -0.900. The summed E-state index contributed by atoms with van der Waals surface area (Å²) in [5.41, 5.74) is 0.297. The summed E-state index contributed by atoms with van der Waals surface area (Å²) in [6, 6.07) is 6.96. The maximum absolute atomic E-state index is 10.8. The summed E-state index contributed by atoms with van der Waals surface area (Å²) in [6.07, 6.45) is 3.22. The maximum atomic E-state index is 10.8. The first-order valence-corrected chi connectivity index (χ1v) is 3.85. The quantitative estimate of drug-likeness (QED) is 0.704. The van der Waals surface area contributed by atoms with E-state index in [4.69, 9.17) is 5.11 Å². The zero-order valence-corrected chi connectivity index (χ0v) is 9.77. The van der Waals surface area contributed by atoms with E-state index < -0.39 is 5.97 Å². The Balaban J connectivity index is 0.000000980. The van der Waals surface area contributed by atoms with Gasteiger partial charge in [-0.1, -0.05) is 12.1 Å². The van der Waals surface area contributed by atoms with Crippen LogP contribution in [0.3, 0.4) is 0 Å². The predicted octanol–water partition coefficient (Wildman–Crippen LogP) is 1.55. The van der Waals surface area contributed by atoms with E-state index in [-0.39, 0.29) is 29.6 Å². The second-order valence-corrected chi connectivity index (χ2v) is 2.71. The monoisotopic (exact) mass is 196 g/mol. The van der Waals surface area contributed by atoms with E-state index in [0.29, 0.717) is 10.9 Å². The van der Waals surface area contributed by atoms with Crippen LogP contribution in [-0.2, 0) is 0 Å². The van der Waals surface area contributed by atoms with Crippen molar-refractivity contribution in [1.29, 1.82) is 0 Å². The Morgan fingerprint density at radius 1 is 1.29 bits per heavy atom. The van der Waals surface area contributed by atoms with Gasteiger partial charge >= 0.3 is 35.5 Å². The first-order chi connectivity index (χ1) is 6.29. The number of hydrogen-bond donors (Lipinski definition) is 1. The van der Waals surface area contributed by atoms with Gasteiger partial charge in [0.15, 0.2) is 0 Å². The molecule has 3 nitrogen and oxygen atoms in total. The minimum atomic E-state index is -0.918. The summed E-state index contributed by atoms with van der Waals surface area (Å²) in [4.78, 5) is 14.7. The molecule has 14 heavy (non-hydrogen) atoms. The molecule has 0 saturated carbocycles. The van der Waals surface area contributed by atoms with E-state index in [9.17, 15) is 4.79 Å². The molecule has 0 bridgehead atoms. The fraction of sp³-hybridized carbons (Fsp3) is 0. The van der Waals surface area contributed by atoms with E-state index in [1.54, 1.807) is 30.6 Å². The Labute approximate surface area is 103 Å². The maximum Gasteiger partial charge on any atom is 2.00 e. The summed E-state index contributed by atoms with van der Waals surface area (Å²) in [5, 5.41) is 10.4. The van der Waals surface area contributed by atoms with Crippen LogP contribution in [0, 0.1) is 0 Å². The second-order valence-electron chi connectivity index (χ2n) is 2.71. The van der Waals surface area contributed by atoms with Gasteiger partial charge in [0.2, 0.25) is 0 Å². The topological polar surface area (TPSA) is 50.2 Å². The normalized spacial score (nSPS) is 9.43. The van der Waals surface area contributed by atoms with Crippen LogP contribution < -0.4 is 0 Å². The molecule has 0 fully saturated rings. The number of hydrogen-bond acceptors (Lipinski definition) is 2. The van der Waals surface area contributed by atoms with Crippen LogP contribution in [0.25, 0.3) is 10.8 Å². The smallest absolute Gasteiger partial charge is 0.478 e. The molecule has 1 aromatic heterocycles. The molecule has 4 heteroatoms. The number of benzene rings is 1. The molecule has 63 valence electrons. The molecule has 2 aromatic rings. The molecule has 2 rings (SSSR count). The molecule has 0 aliphatic rings. The average Bonchev–Trinajstić information content (AvgIpc) is 2.17. The van der Waals surface area contributed by atoms with Crippen LogP contribution in [0.1, 0.15) is 10.4 Å². The number of pyridine rings is 1. The Morgan fingerprint density at radius 3 is 2.79 bits per heavy atom. The third-order valence-corrected chi connectivity index (χ3v) is 1.91. The summed E-state index contributed by atoms with van der Waals surface area (Å²) < 4.78 is 0. The summed E-state index contributed by atoms with van der Waals surface area (Å²) in [6.45, 7) is 0. The molecule has 0 atom stereocenters. The van der Waals surface area contributed by atoms with Crippen molar-refractivity contribution in [3.63, 3.8) is 0 Å². The fourth-order valence-electron chi connectivity index (χ4n) is 1.30. The van der Waals surface area contributed by atoms with Gasteiger partial charge in [0, 0.05) is 17.8 Å². The summed E-state index contributed by atoms with van der Waals surface area (Å²) >= 11 is 0. The van der Waals surface area contributed by atoms with Crippen LogP contribution in [-0.4, -0.2) is 45.6 Å². The molecular weight excluding hydrogens is 189 g/mol. The number of fused-ring (bicyclic) bond motifs is 1. The number of carbonyl (C=O) groups is 1. The van der Waals surface area contributed by atoms with Crippen LogP contribution >= 0.6 is 0 Å². The largest absolute Gasteiger partial charge is 2.00 e. The number of nitrogens with zero attached hydrogens (tertiary/aromatic N) is 1. The molecule has 9 radical (unpaired) electrons. The summed E-state index contributed by atoms with van der Waals surface area (Å²) in [7, 11) is 0. The summed E-state index contributed by atoms with van der Waals surface area (Å²) in [5.74, 6) is -0.918. The first-order valence-electron chi connectivity index (χ1n) is 3.85. The number of rotatable bonds is 1. The van der Waals surface area contributed by atoms with Crippen molar-refractivity contribution in [2.75, 3.05) is 0 Å². The second kappa shape index (κ2) is 4.55. The van der Waals surface area contributed by atoms with Crippen molar-refractivity contribution in [2.45, 2.75) is 0 Å². The van der Waals surface area contributed by atoms with Crippen LogP contribution in [0.4, 0.5) is 0 Å².